The maximum atomic E-state index is 12.2. The minimum atomic E-state index is -0.0879. The Kier molecular flexibility index (Phi) is 6.68. The van der Waals surface area contributed by atoms with Gasteiger partial charge < -0.3 is 4.90 Å². The van der Waals surface area contributed by atoms with Crippen molar-refractivity contribution in [2.24, 2.45) is 5.41 Å². The summed E-state index contributed by atoms with van der Waals surface area (Å²) in [5.41, 5.74) is 1.76. The Morgan fingerprint density at radius 2 is 1.86 bits per heavy atom. The summed E-state index contributed by atoms with van der Waals surface area (Å²) >= 11 is 0. The average molecular weight is 288 g/mol. The van der Waals surface area contributed by atoms with Gasteiger partial charge in [0.2, 0.25) is 0 Å². The molecular formula is C18H28N2O. The van der Waals surface area contributed by atoms with Crippen LogP contribution in [-0.2, 0) is 4.79 Å². The SMILES string of the molecule is CC(C)=CCCC(C)(C)C/C=C(\C#N)C(=O)N1CCCC1. The van der Waals surface area contributed by atoms with E-state index in [1.54, 1.807) is 4.90 Å². The van der Waals surface area contributed by atoms with Gasteiger partial charge in [-0.15, -0.1) is 0 Å². The fourth-order valence-corrected chi connectivity index (χ4v) is 2.50. The second-order valence-electron chi connectivity index (χ2n) is 6.92. The zero-order valence-corrected chi connectivity index (χ0v) is 13.9. The van der Waals surface area contributed by atoms with Gasteiger partial charge in [0.25, 0.3) is 5.91 Å². The highest BCUT2D eigenvalue weighted by Crippen LogP contribution is 2.28. The molecule has 0 unspecified atom stereocenters. The Morgan fingerprint density at radius 3 is 2.38 bits per heavy atom. The van der Waals surface area contributed by atoms with Gasteiger partial charge in [-0.25, -0.2) is 0 Å². The first kappa shape index (κ1) is 17.5. The standard InChI is InChI=1S/C18H28N2O/c1-15(2)8-7-10-18(3,4)11-9-16(14-19)17(21)20-12-5-6-13-20/h8-9H,5-7,10-13H2,1-4H3/b16-9+. The predicted molar refractivity (Wildman–Crippen MR) is 86.6 cm³/mol. The van der Waals surface area contributed by atoms with Crippen LogP contribution in [0, 0.1) is 16.7 Å². The minimum Gasteiger partial charge on any atom is -0.338 e. The summed E-state index contributed by atoms with van der Waals surface area (Å²) in [5, 5.41) is 9.23. The molecule has 1 aliphatic heterocycles. The molecule has 0 N–H and O–H groups in total. The zero-order valence-electron chi connectivity index (χ0n) is 13.9. The first-order valence-electron chi connectivity index (χ1n) is 7.88. The largest absolute Gasteiger partial charge is 0.338 e. The van der Waals surface area contributed by atoms with Gasteiger partial charge in [0.05, 0.1) is 0 Å². The summed E-state index contributed by atoms with van der Waals surface area (Å²) < 4.78 is 0. The molecule has 0 aromatic heterocycles. The molecule has 0 bridgehead atoms. The van der Waals surface area contributed by atoms with Crippen molar-refractivity contribution in [3.05, 3.63) is 23.3 Å². The lowest BCUT2D eigenvalue weighted by Gasteiger charge is -2.22. The van der Waals surface area contributed by atoms with Crippen LogP contribution in [0.5, 0.6) is 0 Å². The Balaban J connectivity index is 2.60. The van der Waals surface area contributed by atoms with Crippen molar-refractivity contribution < 1.29 is 4.79 Å². The smallest absolute Gasteiger partial charge is 0.264 e. The number of amides is 1. The van der Waals surface area contributed by atoms with Gasteiger partial charge in [-0.1, -0.05) is 31.6 Å². The van der Waals surface area contributed by atoms with Gasteiger partial charge in [0.1, 0.15) is 11.6 Å². The van der Waals surface area contributed by atoms with E-state index in [9.17, 15) is 10.1 Å². The number of allylic oxidation sites excluding steroid dienone is 3. The summed E-state index contributed by atoms with van der Waals surface area (Å²) in [7, 11) is 0. The topological polar surface area (TPSA) is 44.1 Å². The van der Waals surface area contributed by atoms with Gasteiger partial charge in [-0.05, 0) is 51.4 Å². The van der Waals surface area contributed by atoms with Crippen LogP contribution in [0.3, 0.4) is 0 Å². The van der Waals surface area contributed by atoms with Gasteiger partial charge in [-0.2, -0.15) is 5.26 Å². The van der Waals surface area contributed by atoms with E-state index in [1.807, 2.05) is 6.08 Å². The predicted octanol–water partition coefficient (Wildman–Crippen LogP) is 4.22. The first-order chi connectivity index (χ1) is 9.85. The van der Waals surface area contributed by atoms with Crippen LogP contribution in [-0.4, -0.2) is 23.9 Å². The van der Waals surface area contributed by atoms with Crippen LogP contribution in [0.25, 0.3) is 0 Å². The monoisotopic (exact) mass is 288 g/mol. The second kappa shape index (κ2) is 8.02. The van der Waals surface area contributed by atoms with E-state index in [0.29, 0.717) is 5.57 Å². The van der Waals surface area contributed by atoms with Crippen LogP contribution in [0.15, 0.2) is 23.3 Å². The molecule has 0 radical (unpaired) electrons. The molecule has 0 atom stereocenters. The number of nitriles is 1. The quantitative estimate of drug-likeness (QED) is 0.417. The van der Waals surface area contributed by atoms with Gasteiger partial charge in [-0.3, -0.25) is 4.79 Å². The van der Waals surface area contributed by atoms with Crippen molar-refractivity contribution >= 4 is 5.91 Å². The van der Waals surface area contributed by atoms with Crippen LogP contribution in [0.1, 0.15) is 59.8 Å². The summed E-state index contributed by atoms with van der Waals surface area (Å²) in [6, 6.07) is 2.08. The highest BCUT2D eigenvalue weighted by atomic mass is 16.2. The third kappa shape index (κ3) is 6.16. The fourth-order valence-electron chi connectivity index (χ4n) is 2.50. The molecule has 1 fully saturated rings. The minimum absolute atomic E-state index is 0.0879. The molecule has 0 aliphatic carbocycles. The van der Waals surface area contributed by atoms with Crippen molar-refractivity contribution in [1.82, 2.24) is 4.90 Å². The van der Waals surface area contributed by atoms with Gasteiger partial charge in [0, 0.05) is 13.1 Å². The van der Waals surface area contributed by atoms with E-state index in [4.69, 9.17) is 0 Å². The normalized spacial score (nSPS) is 15.8. The number of rotatable bonds is 6. The molecule has 0 spiro atoms. The molecule has 116 valence electrons. The Hall–Kier alpha value is -1.56. The first-order valence-corrected chi connectivity index (χ1v) is 7.88. The number of nitrogens with zero attached hydrogens (tertiary/aromatic N) is 2. The summed E-state index contributed by atoms with van der Waals surface area (Å²) in [5.74, 6) is -0.0879. The molecule has 1 saturated heterocycles. The number of likely N-dealkylation sites (tertiary alicyclic amines) is 1. The lowest BCUT2D eigenvalue weighted by atomic mass is 9.83. The number of carbonyl (C=O) groups is 1. The van der Waals surface area contributed by atoms with Crippen molar-refractivity contribution in [2.45, 2.75) is 59.8 Å². The van der Waals surface area contributed by atoms with Gasteiger partial charge >= 0.3 is 0 Å². The Bertz CT molecular complexity index is 456. The molecule has 3 heteroatoms. The number of hydrogen-bond acceptors (Lipinski definition) is 2. The third-order valence-corrected chi connectivity index (χ3v) is 3.98. The Morgan fingerprint density at radius 1 is 1.24 bits per heavy atom. The van der Waals surface area contributed by atoms with Crippen LogP contribution >= 0.6 is 0 Å². The summed E-state index contributed by atoms with van der Waals surface area (Å²) in [6.45, 7) is 10.2. The number of carbonyl (C=O) groups excluding carboxylic acids is 1. The molecule has 3 nitrogen and oxygen atoms in total. The Labute approximate surface area is 129 Å². The second-order valence-corrected chi connectivity index (χ2v) is 6.92. The average Bonchev–Trinajstić information content (AvgIpc) is 2.92. The van der Waals surface area contributed by atoms with Crippen molar-refractivity contribution in [2.75, 3.05) is 13.1 Å². The molecule has 1 aliphatic rings. The van der Waals surface area contributed by atoms with Crippen LogP contribution in [0.4, 0.5) is 0 Å². The zero-order chi connectivity index (χ0) is 15.9. The van der Waals surface area contributed by atoms with Crippen LogP contribution in [0.2, 0.25) is 0 Å². The van der Waals surface area contributed by atoms with E-state index < -0.39 is 0 Å². The molecule has 0 saturated carbocycles. The number of hydrogen-bond donors (Lipinski definition) is 0. The molecule has 1 amide bonds. The van der Waals surface area contributed by atoms with Crippen LogP contribution < -0.4 is 0 Å². The molecule has 21 heavy (non-hydrogen) atoms. The molecule has 1 rings (SSSR count). The molecule has 0 aromatic rings. The molecule has 1 heterocycles. The van der Waals surface area contributed by atoms with Crippen molar-refractivity contribution in [3.63, 3.8) is 0 Å². The van der Waals surface area contributed by atoms with E-state index in [2.05, 4.69) is 39.8 Å². The highest BCUT2D eigenvalue weighted by molar-refractivity contribution is 5.97. The maximum absolute atomic E-state index is 12.2. The van der Waals surface area contributed by atoms with E-state index in [-0.39, 0.29) is 11.3 Å². The summed E-state index contributed by atoms with van der Waals surface area (Å²) in [6.07, 6.45) is 9.06. The highest BCUT2D eigenvalue weighted by Gasteiger charge is 2.22. The lowest BCUT2D eigenvalue weighted by Crippen LogP contribution is -2.28. The molecule has 0 aromatic carbocycles. The van der Waals surface area contributed by atoms with E-state index >= 15 is 0 Å². The summed E-state index contributed by atoms with van der Waals surface area (Å²) in [4.78, 5) is 14.0. The van der Waals surface area contributed by atoms with Crippen molar-refractivity contribution in [3.8, 4) is 6.07 Å². The van der Waals surface area contributed by atoms with Crippen molar-refractivity contribution in [1.29, 1.82) is 5.26 Å². The maximum Gasteiger partial charge on any atom is 0.264 e. The van der Waals surface area contributed by atoms with Gasteiger partial charge in [0.15, 0.2) is 0 Å². The third-order valence-electron chi connectivity index (χ3n) is 3.98. The van der Waals surface area contributed by atoms with E-state index in [1.165, 1.54) is 5.57 Å². The van der Waals surface area contributed by atoms with E-state index in [0.717, 1.165) is 45.2 Å². The lowest BCUT2D eigenvalue weighted by molar-refractivity contribution is -0.125. The molecular weight excluding hydrogens is 260 g/mol. The fraction of sp³-hybridized carbons (Fsp3) is 0.667.